The molecule has 3 rings (SSSR count). The monoisotopic (exact) mass is 304 g/mol. The van der Waals surface area contributed by atoms with E-state index in [2.05, 4.69) is 10.3 Å². The van der Waals surface area contributed by atoms with Gasteiger partial charge in [-0.15, -0.1) is 0 Å². The average Bonchev–Trinajstić information content (AvgIpc) is 3.17. The summed E-state index contributed by atoms with van der Waals surface area (Å²) in [5.41, 5.74) is 1.12. The summed E-state index contributed by atoms with van der Waals surface area (Å²) in [5, 5.41) is 4.10. The lowest BCUT2D eigenvalue weighted by atomic mass is 10.1. The molecule has 0 bridgehead atoms. The van der Waals surface area contributed by atoms with Gasteiger partial charge in [-0.05, 0) is 66.7 Å². The van der Waals surface area contributed by atoms with Crippen LogP contribution < -0.4 is 0 Å². The Morgan fingerprint density at radius 2 is 2.14 bits per heavy atom. The molecule has 0 N–H and O–H groups in total. The maximum absolute atomic E-state index is 12.2. The fourth-order valence-electron chi connectivity index (χ4n) is 3.33. The first-order valence-corrected chi connectivity index (χ1v) is 8.97. The van der Waals surface area contributed by atoms with E-state index >= 15 is 0 Å². The van der Waals surface area contributed by atoms with Gasteiger partial charge >= 0.3 is 0 Å². The van der Waals surface area contributed by atoms with Crippen LogP contribution in [0, 0.1) is 5.92 Å². The highest BCUT2D eigenvalue weighted by Crippen LogP contribution is 2.20. The summed E-state index contributed by atoms with van der Waals surface area (Å²) in [6.45, 7) is 5.54. The Morgan fingerprint density at radius 1 is 1.29 bits per heavy atom. The van der Waals surface area contributed by atoms with Crippen LogP contribution in [0.3, 0.4) is 0 Å². The van der Waals surface area contributed by atoms with Crippen molar-refractivity contribution in [3.05, 3.63) is 28.5 Å². The van der Waals surface area contributed by atoms with Gasteiger partial charge in [0.1, 0.15) is 0 Å². The fourth-order valence-corrected chi connectivity index (χ4v) is 3.96. The minimum atomic E-state index is 0.169. The number of amides is 1. The molecule has 114 valence electrons. The van der Waals surface area contributed by atoms with Crippen LogP contribution >= 0.6 is 11.3 Å². The molecular weight excluding hydrogens is 280 g/mol. The van der Waals surface area contributed by atoms with E-state index in [1.54, 1.807) is 17.4 Å². The molecule has 0 aliphatic carbocycles. The first kappa shape index (κ1) is 14.8. The van der Waals surface area contributed by atoms with E-state index in [1.807, 2.05) is 22.4 Å². The quantitative estimate of drug-likeness (QED) is 0.798. The Hall–Kier alpha value is -1.13. The van der Waals surface area contributed by atoms with Crippen molar-refractivity contribution in [2.45, 2.75) is 25.7 Å². The molecule has 3 nitrogen and oxygen atoms in total. The van der Waals surface area contributed by atoms with E-state index in [1.165, 1.54) is 38.9 Å². The zero-order valence-corrected chi connectivity index (χ0v) is 13.4. The average molecular weight is 304 g/mol. The molecule has 21 heavy (non-hydrogen) atoms. The van der Waals surface area contributed by atoms with E-state index in [4.69, 9.17) is 0 Å². The van der Waals surface area contributed by atoms with Crippen LogP contribution in [-0.4, -0.2) is 48.4 Å². The lowest BCUT2D eigenvalue weighted by Crippen LogP contribution is -2.35. The second kappa shape index (κ2) is 7.23. The van der Waals surface area contributed by atoms with Crippen LogP contribution in [-0.2, 0) is 4.79 Å². The van der Waals surface area contributed by atoms with Crippen LogP contribution in [0.4, 0.5) is 0 Å². The zero-order chi connectivity index (χ0) is 14.5. The van der Waals surface area contributed by atoms with E-state index in [0.717, 1.165) is 25.1 Å². The van der Waals surface area contributed by atoms with Crippen molar-refractivity contribution < 1.29 is 4.79 Å². The number of carbonyl (C=O) groups is 1. The summed E-state index contributed by atoms with van der Waals surface area (Å²) >= 11 is 1.66. The summed E-state index contributed by atoms with van der Waals surface area (Å²) in [5.74, 6) is 0.837. The molecule has 0 spiro atoms. The normalized spacial score (nSPS) is 24.0. The Bertz CT molecular complexity index is 477. The topological polar surface area (TPSA) is 23.6 Å². The Balaban J connectivity index is 1.46. The molecule has 0 saturated carbocycles. The lowest BCUT2D eigenvalue weighted by Gasteiger charge is -2.28. The second-order valence-electron chi connectivity index (χ2n) is 6.19. The molecule has 2 saturated heterocycles. The third-order valence-corrected chi connectivity index (χ3v) is 5.23. The third kappa shape index (κ3) is 4.17. The van der Waals surface area contributed by atoms with Crippen LogP contribution in [0.15, 0.2) is 22.9 Å². The van der Waals surface area contributed by atoms with Crippen molar-refractivity contribution in [3.63, 3.8) is 0 Å². The SMILES string of the molecule is O=C(/C=C/c1ccsc1)N1CCC(CN2CCCCC2)C1. The van der Waals surface area contributed by atoms with E-state index in [9.17, 15) is 4.79 Å². The van der Waals surface area contributed by atoms with Gasteiger partial charge in [0.2, 0.25) is 5.91 Å². The Morgan fingerprint density at radius 3 is 2.90 bits per heavy atom. The van der Waals surface area contributed by atoms with Crippen LogP contribution in [0.5, 0.6) is 0 Å². The van der Waals surface area contributed by atoms with Gasteiger partial charge in [-0.3, -0.25) is 4.79 Å². The molecule has 2 aliphatic heterocycles. The van der Waals surface area contributed by atoms with Crippen LogP contribution in [0.2, 0.25) is 0 Å². The number of hydrogen-bond donors (Lipinski definition) is 0. The number of nitrogens with zero attached hydrogens (tertiary/aromatic N) is 2. The molecular formula is C17H24N2OS. The number of carbonyl (C=O) groups excluding carboxylic acids is 1. The molecule has 0 aromatic carbocycles. The van der Waals surface area contributed by atoms with Gasteiger partial charge in [-0.1, -0.05) is 6.42 Å². The molecule has 1 atom stereocenters. The van der Waals surface area contributed by atoms with E-state index < -0.39 is 0 Å². The smallest absolute Gasteiger partial charge is 0.246 e. The molecule has 1 aromatic rings. The fraction of sp³-hybridized carbons (Fsp3) is 0.588. The summed E-state index contributed by atoms with van der Waals surface area (Å²) in [7, 11) is 0. The molecule has 1 aromatic heterocycles. The Labute approximate surface area is 131 Å². The minimum Gasteiger partial charge on any atom is -0.339 e. The van der Waals surface area contributed by atoms with Crippen molar-refractivity contribution >= 4 is 23.3 Å². The lowest BCUT2D eigenvalue weighted by molar-refractivity contribution is -0.125. The summed E-state index contributed by atoms with van der Waals surface area (Å²) in [6.07, 6.45) is 8.90. The third-order valence-electron chi connectivity index (χ3n) is 4.52. The Kier molecular flexibility index (Phi) is 5.09. The van der Waals surface area contributed by atoms with Crippen molar-refractivity contribution in [2.24, 2.45) is 5.92 Å². The number of piperidine rings is 1. The van der Waals surface area contributed by atoms with Gasteiger partial charge < -0.3 is 9.80 Å². The van der Waals surface area contributed by atoms with Gasteiger partial charge in [0.05, 0.1) is 0 Å². The predicted octanol–water partition coefficient (Wildman–Crippen LogP) is 3.10. The van der Waals surface area contributed by atoms with Gasteiger partial charge in [0, 0.05) is 25.7 Å². The first-order chi connectivity index (χ1) is 10.3. The number of likely N-dealkylation sites (tertiary alicyclic amines) is 2. The van der Waals surface area contributed by atoms with Gasteiger partial charge in [-0.25, -0.2) is 0 Å². The molecule has 2 aliphatic rings. The molecule has 1 unspecified atom stereocenters. The van der Waals surface area contributed by atoms with Crippen molar-refractivity contribution in [1.29, 1.82) is 0 Å². The van der Waals surface area contributed by atoms with Crippen LogP contribution in [0.25, 0.3) is 6.08 Å². The van der Waals surface area contributed by atoms with Gasteiger partial charge in [0.15, 0.2) is 0 Å². The summed E-state index contributed by atoms with van der Waals surface area (Å²) in [4.78, 5) is 16.8. The van der Waals surface area contributed by atoms with Crippen molar-refractivity contribution in [1.82, 2.24) is 9.80 Å². The highest BCUT2D eigenvalue weighted by molar-refractivity contribution is 7.08. The summed E-state index contributed by atoms with van der Waals surface area (Å²) in [6, 6.07) is 2.04. The number of hydrogen-bond acceptors (Lipinski definition) is 3. The molecule has 0 radical (unpaired) electrons. The minimum absolute atomic E-state index is 0.169. The number of rotatable bonds is 4. The standard InChI is InChI=1S/C17H24N2OS/c20-17(5-4-15-7-11-21-14-15)19-10-6-16(13-19)12-18-8-2-1-3-9-18/h4-5,7,11,14,16H,1-3,6,8-10,12-13H2/b5-4+. The maximum atomic E-state index is 12.2. The van der Waals surface area contributed by atoms with Crippen LogP contribution in [0.1, 0.15) is 31.2 Å². The largest absolute Gasteiger partial charge is 0.339 e. The second-order valence-corrected chi connectivity index (χ2v) is 6.97. The van der Waals surface area contributed by atoms with Gasteiger partial charge in [-0.2, -0.15) is 11.3 Å². The van der Waals surface area contributed by atoms with Crippen molar-refractivity contribution in [3.8, 4) is 0 Å². The molecule has 2 fully saturated rings. The van der Waals surface area contributed by atoms with E-state index in [0.29, 0.717) is 5.92 Å². The molecule has 3 heterocycles. The maximum Gasteiger partial charge on any atom is 0.246 e. The number of thiophene rings is 1. The molecule has 4 heteroatoms. The van der Waals surface area contributed by atoms with E-state index in [-0.39, 0.29) is 5.91 Å². The molecule has 1 amide bonds. The van der Waals surface area contributed by atoms with Gasteiger partial charge in [0.25, 0.3) is 0 Å². The first-order valence-electron chi connectivity index (χ1n) is 8.03. The summed E-state index contributed by atoms with van der Waals surface area (Å²) < 4.78 is 0. The van der Waals surface area contributed by atoms with Crippen molar-refractivity contribution in [2.75, 3.05) is 32.7 Å². The highest BCUT2D eigenvalue weighted by Gasteiger charge is 2.26. The zero-order valence-electron chi connectivity index (χ0n) is 12.5. The predicted molar refractivity (Wildman–Crippen MR) is 88.3 cm³/mol. The highest BCUT2D eigenvalue weighted by atomic mass is 32.1.